The summed E-state index contributed by atoms with van der Waals surface area (Å²) in [6, 6.07) is 10.9. The van der Waals surface area contributed by atoms with Crippen LogP contribution in [0.15, 0.2) is 30.3 Å². The molecule has 0 spiro atoms. The summed E-state index contributed by atoms with van der Waals surface area (Å²) in [6.45, 7) is 3.75. The van der Waals surface area contributed by atoms with Crippen molar-refractivity contribution in [3.63, 3.8) is 0 Å². The van der Waals surface area contributed by atoms with E-state index < -0.39 is 0 Å². The van der Waals surface area contributed by atoms with Gasteiger partial charge in [0.05, 0.1) is 4.34 Å². The number of hydrogen-bond donors (Lipinski definition) is 1. The van der Waals surface area contributed by atoms with Crippen molar-refractivity contribution in [2.45, 2.75) is 38.8 Å². The van der Waals surface area contributed by atoms with Crippen molar-refractivity contribution in [1.82, 2.24) is 5.32 Å². The van der Waals surface area contributed by atoms with Crippen LogP contribution in [0.1, 0.15) is 41.8 Å². The van der Waals surface area contributed by atoms with Crippen molar-refractivity contribution in [2.75, 3.05) is 6.54 Å². The van der Waals surface area contributed by atoms with Crippen LogP contribution in [0.25, 0.3) is 0 Å². The Hall–Kier alpha value is -1.03. The van der Waals surface area contributed by atoms with E-state index in [2.05, 4.69) is 30.4 Å². The second-order valence-corrected chi connectivity index (χ2v) is 7.16. The van der Waals surface area contributed by atoms with Crippen molar-refractivity contribution < 1.29 is 4.74 Å². The summed E-state index contributed by atoms with van der Waals surface area (Å²) in [5, 5.41) is 3.57. The van der Waals surface area contributed by atoms with Crippen molar-refractivity contribution in [1.29, 1.82) is 0 Å². The van der Waals surface area contributed by atoms with E-state index in [0.29, 0.717) is 12.6 Å². The number of benzene rings is 1. The van der Waals surface area contributed by atoms with Crippen LogP contribution in [0.3, 0.4) is 0 Å². The second kappa shape index (κ2) is 6.82. The molecule has 0 saturated heterocycles. The molecule has 2 aromatic rings. The molecule has 1 aliphatic rings. The van der Waals surface area contributed by atoms with E-state index in [9.17, 15) is 0 Å². The van der Waals surface area contributed by atoms with Crippen LogP contribution in [0.4, 0.5) is 0 Å². The molecule has 1 aliphatic carbocycles. The van der Waals surface area contributed by atoms with Gasteiger partial charge in [0, 0.05) is 10.9 Å². The smallest absolute Gasteiger partial charge is 0.122 e. The van der Waals surface area contributed by atoms with Crippen molar-refractivity contribution in [3.8, 4) is 5.75 Å². The number of nitrogens with one attached hydrogen (secondary N) is 1. The summed E-state index contributed by atoms with van der Waals surface area (Å²) in [5.74, 6) is 0.947. The molecule has 1 aromatic heterocycles. The van der Waals surface area contributed by atoms with Crippen LogP contribution in [-0.4, -0.2) is 6.54 Å². The van der Waals surface area contributed by atoms with Gasteiger partial charge in [-0.15, -0.1) is 11.3 Å². The lowest BCUT2D eigenvalue weighted by Crippen LogP contribution is -2.24. The molecule has 0 radical (unpaired) electrons. The zero-order valence-electron chi connectivity index (χ0n) is 12.2. The van der Waals surface area contributed by atoms with Crippen LogP contribution < -0.4 is 10.1 Å². The first-order valence-electron chi connectivity index (χ1n) is 7.49. The van der Waals surface area contributed by atoms with Crippen LogP contribution in [-0.2, 0) is 13.0 Å². The minimum absolute atomic E-state index is 0.471. The van der Waals surface area contributed by atoms with Gasteiger partial charge in [0.25, 0.3) is 0 Å². The molecule has 4 heteroatoms. The molecule has 1 N–H and O–H groups in total. The zero-order valence-corrected chi connectivity index (χ0v) is 13.8. The monoisotopic (exact) mass is 321 g/mol. The van der Waals surface area contributed by atoms with Gasteiger partial charge < -0.3 is 10.1 Å². The summed E-state index contributed by atoms with van der Waals surface area (Å²) in [7, 11) is 0. The van der Waals surface area contributed by atoms with Gasteiger partial charge >= 0.3 is 0 Å². The molecule has 21 heavy (non-hydrogen) atoms. The van der Waals surface area contributed by atoms with Gasteiger partial charge in [-0.2, -0.15) is 0 Å². The fourth-order valence-electron chi connectivity index (χ4n) is 2.91. The third kappa shape index (κ3) is 3.60. The molecule has 1 heterocycles. The predicted molar refractivity (Wildman–Crippen MR) is 89.5 cm³/mol. The van der Waals surface area contributed by atoms with Crippen molar-refractivity contribution in [3.05, 3.63) is 50.7 Å². The Morgan fingerprint density at radius 1 is 1.33 bits per heavy atom. The van der Waals surface area contributed by atoms with Gasteiger partial charge in [-0.25, -0.2) is 0 Å². The molecule has 1 aromatic carbocycles. The lowest BCUT2D eigenvalue weighted by molar-refractivity contribution is 0.308. The first kappa shape index (κ1) is 14.9. The van der Waals surface area contributed by atoms with Crippen LogP contribution in [0.2, 0.25) is 4.34 Å². The highest BCUT2D eigenvalue weighted by atomic mass is 35.5. The molecular formula is C17H20ClNOS. The summed E-state index contributed by atoms with van der Waals surface area (Å²) >= 11 is 7.52. The summed E-state index contributed by atoms with van der Waals surface area (Å²) in [5.41, 5.74) is 2.86. The van der Waals surface area contributed by atoms with Gasteiger partial charge in [0.2, 0.25) is 0 Å². The number of hydrogen-bond acceptors (Lipinski definition) is 3. The summed E-state index contributed by atoms with van der Waals surface area (Å²) in [4.78, 5) is 1.15. The third-order valence-corrected chi connectivity index (χ3v) is 5.10. The fraction of sp³-hybridized carbons (Fsp3) is 0.412. The fourth-order valence-corrected chi connectivity index (χ4v) is 3.91. The second-order valence-electron chi connectivity index (χ2n) is 5.36. The average Bonchev–Trinajstić information content (AvgIpc) is 2.91. The third-order valence-electron chi connectivity index (χ3n) is 3.89. The van der Waals surface area contributed by atoms with E-state index in [0.717, 1.165) is 21.5 Å². The Morgan fingerprint density at radius 2 is 2.24 bits per heavy atom. The van der Waals surface area contributed by atoms with Crippen LogP contribution in [0.5, 0.6) is 5.75 Å². The molecule has 0 bridgehead atoms. The predicted octanol–water partition coefficient (Wildman–Crippen LogP) is 4.97. The van der Waals surface area contributed by atoms with Crippen LogP contribution in [0, 0.1) is 0 Å². The lowest BCUT2D eigenvalue weighted by Gasteiger charge is -2.26. The maximum Gasteiger partial charge on any atom is 0.122 e. The maximum absolute atomic E-state index is 5.95. The Kier molecular flexibility index (Phi) is 4.84. The van der Waals surface area contributed by atoms with E-state index >= 15 is 0 Å². The minimum atomic E-state index is 0.471. The van der Waals surface area contributed by atoms with Gasteiger partial charge in [0.1, 0.15) is 12.4 Å². The number of aryl methyl sites for hydroxylation is 1. The Bertz CT molecular complexity index is 611. The van der Waals surface area contributed by atoms with Gasteiger partial charge in [-0.1, -0.05) is 24.6 Å². The Labute approximate surface area is 135 Å². The zero-order chi connectivity index (χ0) is 14.7. The number of ether oxygens (including phenoxy) is 1. The molecule has 112 valence electrons. The van der Waals surface area contributed by atoms with Crippen molar-refractivity contribution >= 4 is 22.9 Å². The lowest BCUT2D eigenvalue weighted by atomic mass is 9.87. The largest absolute Gasteiger partial charge is 0.488 e. The van der Waals surface area contributed by atoms with Gasteiger partial charge in [0.15, 0.2) is 0 Å². The van der Waals surface area contributed by atoms with E-state index in [1.54, 1.807) is 11.3 Å². The van der Waals surface area contributed by atoms with Crippen LogP contribution >= 0.6 is 22.9 Å². The highest BCUT2D eigenvalue weighted by Crippen LogP contribution is 2.33. The summed E-state index contributed by atoms with van der Waals surface area (Å²) in [6.07, 6.45) is 3.65. The molecule has 3 rings (SSSR count). The molecule has 1 unspecified atom stereocenters. The molecule has 1 atom stereocenters. The highest BCUT2D eigenvalue weighted by Gasteiger charge is 2.19. The standard InChI is InChI=1S/C17H20ClNOS/c1-2-19-16-5-3-4-12-6-7-13(10-15(12)16)20-11-14-8-9-17(18)21-14/h6-10,16,19H,2-5,11H2,1H3. The minimum Gasteiger partial charge on any atom is -0.488 e. The average molecular weight is 322 g/mol. The summed E-state index contributed by atoms with van der Waals surface area (Å²) < 4.78 is 6.73. The van der Waals surface area contributed by atoms with Gasteiger partial charge in [-0.3, -0.25) is 0 Å². The number of rotatable bonds is 5. The molecule has 0 amide bonds. The first-order chi connectivity index (χ1) is 10.3. The normalized spacial score (nSPS) is 17.5. The van der Waals surface area contributed by atoms with Crippen molar-refractivity contribution in [2.24, 2.45) is 0 Å². The molecule has 0 saturated carbocycles. The highest BCUT2D eigenvalue weighted by molar-refractivity contribution is 7.16. The molecule has 2 nitrogen and oxygen atoms in total. The molecular weight excluding hydrogens is 302 g/mol. The number of fused-ring (bicyclic) bond motifs is 1. The first-order valence-corrected chi connectivity index (χ1v) is 8.69. The van der Waals surface area contributed by atoms with E-state index in [4.69, 9.17) is 16.3 Å². The molecule has 0 fully saturated rings. The molecule has 0 aliphatic heterocycles. The quantitative estimate of drug-likeness (QED) is 0.839. The maximum atomic E-state index is 5.95. The van der Waals surface area contributed by atoms with E-state index in [-0.39, 0.29) is 0 Å². The topological polar surface area (TPSA) is 21.3 Å². The number of halogens is 1. The Balaban J connectivity index is 1.73. The van der Waals surface area contributed by atoms with Gasteiger partial charge in [-0.05, 0) is 61.2 Å². The SMILES string of the molecule is CCNC1CCCc2ccc(OCc3ccc(Cl)s3)cc21. The Morgan fingerprint density at radius 3 is 3.00 bits per heavy atom. The van der Waals surface area contributed by atoms with E-state index in [1.807, 2.05) is 12.1 Å². The number of thiophene rings is 1. The van der Waals surface area contributed by atoms with E-state index in [1.165, 1.54) is 30.4 Å².